The van der Waals surface area contributed by atoms with E-state index in [1.807, 2.05) is 48.7 Å². The first kappa shape index (κ1) is 17.4. The molecule has 0 atom stereocenters. The van der Waals surface area contributed by atoms with E-state index in [9.17, 15) is 8.42 Å². The van der Waals surface area contributed by atoms with E-state index in [2.05, 4.69) is 23.7 Å². The van der Waals surface area contributed by atoms with Crippen molar-refractivity contribution in [1.82, 2.24) is 14.5 Å². The summed E-state index contributed by atoms with van der Waals surface area (Å²) in [7, 11) is -3.54. The van der Waals surface area contributed by atoms with Crippen molar-refractivity contribution in [1.29, 1.82) is 0 Å². The van der Waals surface area contributed by atoms with E-state index in [1.54, 1.807) is 23.0 Å². The lowest BCUT2D eigenvalue weighted by Crippen LogP contribution is -2.23. The Balaban J connectivity index is 1.69. The second-order valence-corrected chi connectivity index (χ2v) is 7.94. The van der Waals surface area contributed by atoms with Gasteiger partial charge in [-0.3, -0.25) is 0 Å². The molecule has 130 valence electrons. The van der Waals surface area contributed by atoms with Crippen LogP contribution in [0.5, 0.6) is 0 Å². The number of hydrogen-bond donors (Lipinski definition) is 1. The molecule has 0 spiro atoms. The predicted octanol–water partition coefficient (Wildman–Crippen LogP) is 3.47. The van der Waals surface area contributed by atoms with E-state index in [0.29, 0.717) is 5.92 Å². The molecule has 1 aromatic heterocycles. The highest BCUT2D eigenvalue weighted by Gasteiger charge is 2.14. The predicted molar refractivity (Wildman–Crippen MR) is 98.1 cm³/mol. The smallest absolute Gasteiger partial charge is 0.240 e. The molecule has 0 aliphatic rings. The second kappa shape index (κ2) is 7.21. The Labute approximate surface area is 148 Å². The first-order chi connectivity index (χ1) is 12.0. The lowest BCUT2D eigenvalue weighted by molar-refractivity contribution is 0.581. The molecule has 3 aromatic rings. The van der Waals surface area contributed by atoms with Crippen LogP contribution in [0.2, 0.25) is 0 Å². The van der Waals surface area contributed by atoms with Crippen LogP contribution in [0.4, 0.5) is 0 Å². The SMILES string of the molecule is CC(C)c1ccc(S(=O)(=O)NCc2cnn(-c3ccccc3)c2)cc1. The van der Waals surface area contributed by atoms with E-state index in [0.717, 1.165) is 16.8 Å². The normalized spacial score (nSPS) is 11.8. The van der Waals surface area contributed by atoms with Crippen molar-refractivity contribution in [3.05, 3.63) is 78.1 Å². The van der Waals surface area contributed by atoms with Crippen LogP contribution in [0.25, 0.3) is 5.69 Å². The van der Waals surface area contributed by atoms with Gasteiger partial charge in [0.15, 0.2) is 0 Å². The lowest BCUT2D eigenvalue weighted by atomic mass is 10.0. The molecule has 0 radical (unpaired) electrons. The number of rotatable bonds is 6. The van der Waals surface area contributed by atoms with Crippen LogP contribution in [0.15, 0.2) is 71.9 Å². The minimum absolute atomic E-state index is 0.196. The summed E-state index contributed by atoms with van der Waals surface area (Å²) >= 11 is 0. The van der Waals surface area contributed by atoms with Crippen molar-refractivity contribution < 1.29 is 8.42 Å². The molecule has 0 aliphatic carbocycles. The molecule has 1 N–H and O–H groups in total. The van der Waals surface area contributed by atoms with Crippen molar-refractivity contribution in [2.24, 2.45) is 0 Å². The summed E-state index contributed by atoms with van der Waals surface area (Å²) in [5.74, 6) is 0.369. The number of benzene rings is 2. The summed E-state index contributed by atoms with van der Waals surface area (Å²) in [4.78, 5) is 0.271. The van der Waals surface area contributed by atoms with Crippen LogP contribution in [0, 0.1) is 0 Å². The van der Waals surface area contributed by atoms with Crippen LogP contribution < -0.4 is 4.72 Å². The summed E-state index contributed by atoms with van der Waals surface area (Å²) in [5, 5.41) is 4.27. The van der Waals surface area contributed by atoms with Crippen LogP contribution in [-0.2, 0) is 16.6 Å². The fraction of sp³-hybridized carbons (Fsp3) is 0.211. The van der Waals surface area contributed by atoms with Gasteiger partial charge in [0, 0.05) is 18.3 Å². The van der Waals surface area contributed by atoms with Gasteiger partial charge in [0.25, 0.3) is 0 Å². The highest BCUT2D eigenvalue weighted by Crippen LogP contribution is 2.17. The van der Waals surface area contributed by atoms with E-state index >= 15 is 0 Å². The molecule has 0 saturated heterocycles. The number of nitrogens with one attached hydrogen (secondary N) is 1. The summed E-state index contributed by atoms with van der Waals surface area (Å²) < 4.78 is 29.2. The van der Waals surface area contributed by atoms with Gasteiger partial charge in [0.1, 0.15) is 0 Å². The fourth-order valence-corrected chi connectivity index (χ4v) is 3.48. The minimum Gasteiger partial charge on any atom is -0.241 e. The Hall–Kier alpha value is -2.44. The monoisotopic (exact) mass is 355 g/mol. The maximum atomic E-state index is 12.4. The summed E-state index contributed by atoms with van der Waals surface area (Å²) in [6.45, 7) is 4.35. The Morgan fingerprint density at radius 1 is 1.04 bits per heavy atom. The fourth-order valence-electron chi connectivity index (χ4n) is 2.47. The highest BCUT2D eigenvalue weighted by atomic mass is 32.2. The zero-order chi connectivity index (χ0) is 17.9. The third-order valence-corrected chi connectivity index (χ3v) is 5.40. The van der Waals surface area contributed by atoms with Crippen molar-refractivity contribution in [2.75, 3.05) is 0 Å². The molecule has 5 nitrogen and oxygen atoms in total. The molecular weight excluding hydrogens is 334 g/mol. The van der Waals surface area contributed by atoms with Crippen molar-refractivity contribution >= 4 is 10.0 Å². The first-order valence-corrected chi connectivity index (χ1v) is 9.62. The molecule has 0 amide bonds. The van der Waals surface area contributed by atoms with Gasteiger partial charge < -0.3 is 0 Å². The van der Waals surface area contributed by atoms with Gasteiger partial charge in [-0.05, 0) is 35.7 Å². The average Bonchev–Trinajstić information content (AvgIpc) is 3.10. The zero-order valence-corrected chi connectivity index (χ0v) is 15.1. The number of nitrogens with zero attached hydrogens (tertiary/aromatic N) is 2. The van der Waals surface area contributed by atoms with Crippen LogP contribution in [0.3, 0.4) is 0 Å². The Bertz CT molecular complexity index is 930. The van der Waals surface area contributed by atoms with Crippen molar-refractivity contribution in [3.8, 4) is 5.69 Å². The molecule has 0 saturated carbocycles. The van der Waals surface area contributed by atoms with Crippen LogP contribution >= 0.6 is 0 Å². The molecule has 1 heterocycles. The topological polar surface area (TPSA) is 64.0 Å². The van der Waals surface area contributed by atoms with E-state index in [4.69, 9.17) is 0 Å². The molecule has 0 fully saturated rings. The second-order valence-electron chi connectivity index (χ2n) is 6.18. The van der Waals surface area contributed by atoms with E-state index < -0.39 is 10.0 Å². The van der Waals surface area contributed by atoms with Gasteiger partial charge in [0.05, 0.1) is 16.8 Å². The first-order valence-electron chi connectivity index (χ1n) is 8.14. The molecule has 0 aliphatic heterocycles. The Morgan fingerprint density at radius 2 is 1.72 bits per heavy atom. The van der Waals surface area contributed by atoms with E-state index in [1.165, 1.54) is 0 Å². The molecular formula is C19H21N3O2S. The third kappa shape index (κ3) is 4.15. The van der Waals surface area contributed by atoms with Gasteiger partial charge in [-0.2, -0.15) is 5.10 Å². The standard InChI is InChI=1S/C19H21N3O2S/c1-15(2)17-8-10-19(11-9-17)25(23,24)21-13-16-12-20-22(14-16)18-6-4-3-5-7-18/h3-12,14-15,21H,13H2,1-2H3. The molecule has 6 heteroatoms. The van der Waals surface area contributed by atoms with Crippen molar-refractivity contribution in [2.45, 2.75) is 31.2 Å². The van der Waals surface area contributed by atoms with E-state index in [-0.39, 0.29) is 11.4 Å². The van der Waals surface area contributed by atoms with Gasteiger partial charge in [-0.15, -0.1) is 0 Å². The zero-order valence-electron chi connectivity index (χ0n) is 14.3. The summed E-state index contributed by atoms with van der Waals surface area (Å²) in [6.07, 6.45) is 3.48. The third-order valence-electron chi connectivity index (χ3n) is 3.98. The molecule has 25 heavy (non-hydrogen) atoms. The average molecular weight is 355 g/mol. The molecule has 2 aromatic carbocycles. The largest absolute Gasteiger partial charge is 0.241 e. The van der Waals surface area contributed by atoms with Crippen LogP contribution in [0.1, 0.15) is 30.9 Å². The van der Waals surface area contributed by atoms with Gasteiger partial charge in [0.2, 0.25) is 10.0 Å². The maximum absolute atomic E-state index is 12.4. The quantitative estimate of drug-likeness (QED) is 0.736. The van der Waals surface area contributed by atoms with Crippen LogP contribution in [-0.4, -0.2) is 18.2 Å². The summed E-state index contributed by atoms with van der Waals surface area (Å²) in [6, 6.07) is 16.7. The molecule has 0 bridgehead atoms. The van der Waals surface area contributed by atoms with Gasteiger partial charge >= 0.3 is 0 Å². The van der Waals surface area contributed by atoms with Gasteiger partial charge in [-0.25, -0.2) is 17.8 Å². The number of para-hydroxylation sites is 1. The molecule has 0 unspecified atom stereocenters. The van der Waals surface area contributed by atoms with Crippen molar-refractivity contribution in [3.63, 3.8) is 0 Å². The number of aromatic nitrogens is 2. The maximum Gasteiger partial charge on any atom is 0.240 e. The highest BCUT2D eigenvalue weighted by molar-refractivity contribution is 7.89. The molecule has 3 rings (SSSR count). The van der Waals surface area contributed by atoms with Gasteiger partial charge in [-0.1, -0.05) is 44.2 Å². The minimum atomic E-state index is -3.54. The Kier molecular flexibility index (Phi) is 5.01. The lowest BCUT2D eigenvalue weighted by Gasteiger charge is -2.08. The summed E-state index contributed by atoms with van der Waals surface area (Å²) in [5.41, 5.74) is 2.84. The number of sulfonamides is 1. The number of hydrogen-bond acceptors (Lipinski definition) is 3. The Morgan fingerprint density at radius 3 is 2.36 bits per heavy atom.